The zero-order valence-electron chi connectivity index (χ0n) is 9.78. The van der Waals surface area contributed by atoms with Crippen LogP contribution in [-0.2, 0) is 4.79 Å². The number of benzene rings is 1. The van der Waals surface area contributed by atoms with E-state index in [0.29, 0.717) is 11.3 Å². The van der Waals surface area contributed by atoms with Gasteiger partial charge in [-0.2, -0.15) is 0 Å². The van der Waals surface area contributed by atoms with E-state index in [9.17, 15) is 14.9 Å². The van der Waals surface area contributed by atoms with Crippen LogP contribution in [0.1, 0.15) is 0 Å². The lowest BCUT2D eigenvalue weighted by Crippen LogP contribution is -2.21. The largest absolute Gasteiger partial charge is 0.322 e. The highest BCUT2D eigenvalue weighted by Gasteiger charge is 2.46. The van der Waals surface area contributed by atoms with Crippen LogP contribution >= 0.6 is 11.8 Å². The van der Waals surface area contributed by atoms with Crippen LogP contribution in [0, 0.1) is 10.1 Å². The molecule has 1 fully saturated rings. The van der Waals surface area contributed by atoms with Gasteiger partial charge >= 0.3 is 0 Å². The minimum Gasteiger partial charge on any atom is -0.322 e. The molecule has 2 atom stereocenters. The summed E-state index contributed by atoms with van der Waals surface area (Å²) in [6.45, 7) is 0. The van der Waals surface area contributed by atoms with E-state index in [1.807, 2.05) is 18.2 Å². The van der Waals surface area contributed by atoms with Crippen LogP contribution in [-0.4, -0.2) is 21.3 Å². The summed E-state index contributed by atoms with van der Waals surface area (Å²) in [7, 11) is 0. The Morgan fingerprint density at radius 3 is 2.74 bits per heavy atom. The predicted molar refractivity (Wildman–Crippen MR) is 73.4 cm³/mol. The van der Waals surface area contributed by atoms with Crippen LogP contribution in [0.5, 0.6) is 0 Å². The Morgan fingerprint density at radius 2 is 2.05 bits per heavy atom. The smallest absolute Gasteiger partial charge is 0.267 e. The van der Waals surface area contributed by atoms with E-state index in [-0.39, 0.29) is 22.1 Å². The number of amides is 1. The molecular weight excluding hydrogens is 264 g/mol. The molecule has 0 bridgehead atoms. The molecule has 19 heavy (non-hydrogen) atoms. The summed E-state index contributed by atoms with van der Waals surface area (Å²) in [5.41, 5.74) is 1.17. The monoisotopic (exact) mass is 274 g/mol. The normalized spacial score (nSPS) is 23.8. The molecule has 3 rings (SSSR count). The first kappa shape index (κ1) is 12.0. The summed E-state index contributed by atoms with van der Waals surface area (Å²) in [6.07, 6.45) is 2.98. The summed E-state index contributed by atoms with van der Waals surface area (Å²) in [4.78, 5) is 22.5. The molecule has 1 aliphatic carbocycles. The Labute approximate surface area is 113 Å². The minimum atomic E-state index is -0.453. The van der Waals surface area contributed by atoms with Crippen LogP contribution in [0.2, 0.25) is 0 Å². The van der Waals surface area contributed by atoms with E-state index < -0.39 is 4.92 Å². The van der Waals surface area contributed by atoms with E-state index in [1.54, 1.807) is 30.0 Å². The van der Waals surface area contributed by atoms with Gasteiger partial charge in [-0.15, -0.1) is 11.8 Å². The fraction of sp³-hybridized carbons (Fsp3) is 0.154. The van der Waals surface area contributed by atoms with Crippen LogP contribution < -0.4 is 5.32 Å². The molecule has 1 aromatic rings. The number of carbonyl (C=O) groups excluding carboxylic acids is 1. The Hall–Kier alpha value is -2.08. The van der Waals surface area contributed by atoms with E-state index in [4.69, 9.17) is 0 Å². The third-order valence-electron chi connectivity index (χ3n) is 2.98. The Bertz CT molecular complexity index is 610. The Morgan fingerprint density at radius 1 is 1.32 bits per heavy atom. The molecule has 0 unspecified atom stereocenters. The first-order chi connectivity index (χ1) is 9.15. The topological polar surface area (TPSA) is 72.2 Å². The third kappa shape index (κ3) is 2.39. The van der Waals surface area contributed by atoms with E-state index in [2.05, 4.69) is 5.32 Å². The van der Waals surface area contributed by atoms with Crippen molar-refractivity contribution in [1.29, 1.82) is 0 Å². The van der Waals surface area contributed by atoms with Gasteiger partial charge in [0.25, 0.3) is 11.6 Å². The number of para-hydroxylation sites is 1. The first-order valence-corrected chi connectivity index (χ1v) is 6.69. The fourth-order valence-electron chi connectivity index (χ4n) is 1.99. The molecule has 0 spiro atoms. The average Bonchev–Trinajstić information content (AvgIpc) is 3.17. The van der Waals surface area contributed by atoms with Gasteiger partial charge in [0.05, 0.1) is 10.2 Å². The highest BCUT2D eigenvalue weighted by molar-refractivity contribution is 8.08. The minimum absolute atomic E-state index is 0.00413. The van der Waals surface area contributed by atoms with Crippen LogP contribution in [0.15, 0.2) is 53.8 Å². The van der Waals surface area contributed by atoms with Crippen LogP contribution in [0.25, 0.3) is 0 Å². The van der Waals surface area contributed by atoms with Crippen molar-refractivity contribution in [2.24, 2.45) is 0 Å². The van der Waals surface area contributed by atoms with E-state index in [0.717, 1.165) is 0 Å². The number of nitrogens with zero attached hydrogens (tertiary/aromatic N) is 1. The second kappa shape index (κ2) is 4.55. The van der Waals surface area contributed by atoms with Gasteiger partial charge in [-0.1, -0.05) is 18.2 Å². The molecular formula is C13H10N2O3S. The third-order valence-corrected chi connectivity index (χ3v) is 4.22. The quantitative estimate of drug-likeness (QED) is 0.521. The zero-order valence-corrected chi connectivity index (χ0v) is 10.6. The van der Waals surface area contributed by atoms with Crippen LogP contribution in [0.4, 0.5) is 5.69 Å². The van der Waals surface area contributed by atoms with Crippen molar-refractivity contribution in [3.63, 3.8) is 0 Å². The van der Waals surface area contributed by atoms with Crippen molar-refractivity contribution in [3.8, 4) is 0 Å². The summed E-state index contributed by atoms with van der Waals surface area (Å²) >= 11 is 1.56. The number of rotatable bonds is 3. The maximum Gasteiger partial charge on any atom is 0.267 e. The number of allylic oxidation sites excluding steroid dienone is 1. The molecule has 6 heteroatoms. The fourth-order valence-corrected chi connectivity index (χ4v) is 3.00. The van der Waals surface area contributed by atoms with E-state index in [1.165, 1.54) is 6.08 Å². The van der Waals surface area contributed by atoms with Gasteiger partial charge in [-0.3, -0.25) is 14.9 Å². The van der Waals surface area contributed by atoms with Crippen molar-refractivity contribution < 1.29 is 9.72 Å². The Kier molecular flexibility index (Phi) is 2.87. The number of hydrogen-bond acceptors (Lipinski definition) is 4. The summed E-state index contributed by atoms with van der Waals surface area (Å²) in [6, 6.07) is 9.06. The lowest BCUT2D eigenvalue weighted by molar-refractivity contribution is -0.419. The van der Waals surface area contributed by atoms with Crippen molar-refractivity contribution in [3.05, 3.63) is 63.9 Å². The standard InChI is InChI=1S/C13H10N2O3S/c16-13(14-8-4-2-1-3-5-8)10-6-9(15(17)18)7-11-12(10)19-11/h1-7,11-12H,(H,14,16)/t11-,12+/m1/s1. The predicted octanol–water partition coefficient (Wildman–Crippen LogP) is 2.21. The van der Waals surface area contributed by atoms with E-state index >= 15 is 0 Å². The van der Waals surface area contributed by atoms with Gasteiger partial charge in [0.2, 0.25) is 0 Å². The molecule has 96 valence electrons. The molecule has 5 nitrogen and oxygen atoms in total. The number of nitrogens with one attached hydrogen (secondary N) is 1. The summed E-state index contributed by atoms with van der Waals surface area (Å²) in [5, 5.41) is 13.7. The molecule has 1 aliphatic heterocycles. The number of anilines is 1. The SMILES string of the molecule is O=C(Nc1ccccc1)C1=CC([N+](=O)[O-])=C[C@H]2S[C@@H]12. The molecule has 0 aromatic heterocycles. The van der Waals surface area contributed by atoms with Crippen molar-refractivity contribution in [1.82, 2.24) is 0 Å². The molecule has 1 N–H and O–H groups in total. The lowest BCUT2D eigenvalue weighted by atomic mass is 10.0. The molecule has 0 radical (unpaired) electrons. The zero-order chi connectivity index (χ0) is 13.4. The summed E-state index contributed by atoms with van der Waals surface area (Å²) < 4.78 is 0. The molecule has 0 saturated carbocycles. The molecule has 1 saturated heterocycles. The van der Waals surface area contributed by atoms with Gasteiger partial charge in [0.1, 0.15) is 0 Å². The van der Waals surface area contributed by atoms with Gasteiger partial charge in [0.15, 0.2) is 0 Å². The maximum atomic E-state index is 12.1. The molecule has 2 aliphatic rings. The number of carbonyl (C=O) groups is 1. The van der Waals surface area contributed by atoms with Gasteiger partial charge < -0.3 is 5.32 Å². The second-order valence-electron chi connectivity index (χ2n) is 4.29. The van der Waals surface area contributed by atoms with Gasteiger partial charge in [0, 0.05) is 28.7 Å². The molecule has 1 aromatic carbocycles. The van der Waals surface area contributed by atoms with Crippen LogP contribution in [0.3, 0.4) is 0 Å². The number of thioether (sulfide) groups is 1. The van der Waals surface area contributed by atoms with Crippen molar-refractivity contribution in [2.75, 3.05) is 5.32 Å². The molecule has 1 amide bonds. The summed E-state index contributed by atoms with van der Waals surface area (Å²) in [5.74, 6) is -0.265. The number of hydrogen-bond donors (Lipinski definition) is 1. The van der Waals surface area contributed by atoms with Crippen molar-refractivity contribution in [2.45, 2.75) is 10.5 Å². The number of fused-ring (bicyclic) bond motifs is 1. The van der Waals surface area contributed by atoms with Gasteiger partial charge in [-0.05, 0) is 12.1 Å². The highest BCUT2D eigenvalue weighted by Crippen LogP contribution is 2.50. The Balaban J connectivity index is 1.80. The average molecular weight is 274 g/mol. The highest BCUT2D eigenvalue weighted by atomic mass is 32.2. The second-order valence-corrected chi connectivity index (χ2v) is 5.61. The van der Waals surface area contributed by atoms with Gasteiger partial charge in [-0.25, -0.2) is 0 Å². The molecule has 1 heterocycles. The number of nitro groups is 1. The first-order valence-electron chi connectivity index (χ1n) is 5.75. The maximum absolute atomic E-state index is 12.1. The van der Waals surface area contributed by atoms with Crippen molar-refractivity contribution >= 4 is 23.4 Å². The lowest BCUT2D eigenvalue weighted by Gasteiger charge is -2.09.